The van der Waals surface area contributed by atoms with Crippen LogP contribution in [0.25, 0.3) is 0 Å². The summed E-state index contributed by atoms with van der Waals surface area (Å²) >= 11 is 0. The van der Waals surface area contributed by atoms with Crippen LogP contribution in [0.4, 0.5) is 0 Å². The number of nitrogens with zero attached hydrogens (tertiary/aromatic N) is 2. The third kappa shape index (κ3) is 2.99. The van der Waals surface area contributed by atoms with Gasteiger partial charge >= 0.3 is 0 Å². The molecule has 1 aromatic heterocycles. The van der Waals surface area contributed by atoms with Crippen molar-refractivity contribution in [1.82, 2.24) is 15.1 Å². The fourth-order valence-electron chi connectivity index (χ4n) is 2.11. The Bertz CT molecular complexity index is 494. The average molecular weight is 243 g/mol. The molecule has 0 radical (unpaired) electrons. The molecule has 2 aromatic rings. The summed E-state index contributed by atoms with van der Waals surface area (Å²) in [5.74, 6) is 0. The monoisotopic (exact) mass is 243 g/mol. The van der Waals surface area contributed by atoms with Gasteiger partial charge in [-0.25, -0.2) is 0 Å². The summed E-state index contributed by atoms with van der Waals surface area (Å²) in [4.78, 5) is 0. The maximum Gasteiger partial charge on any atom is 0.0664 e. The number of hydrogen-bond acceptors (Lipinski definition) is 2. The van der Waals surface area contributed by atoms with Crippen molar-refractivity contribution >= 4 is 0 Å². The highest BCUT2D eigenvalue weighted by atomic mass is 15.3. The first kappa shape index (κ1) is 12.8. The van der Waals surface area contributed by atoms with E-state index in [0.717, 1.165) is 19.6 Å². The first-order chi connectivity index (χ1) is 8.70. The van der Waals surface area contributed by atoms with Crippen LogP contribution < -0.4 is 5.32 Å². The number of benzene rings is 1. The van der Waals surface area contributed by atoms with Crippen molar-refractivity contribution in [2.45, 2.75) is 33.9 Å². The van der Waals surface area contributed by atoms with Crippen LogP contribution in [-0.2, 0) is 13.1 Å². The maximum atomic E-state index is 4.42. The van der Waals surface area contributed by atoms with Crippen molar-refractivity contribution in [2.75, 3.05) is 6.54 Å². The van der Waals surface area contributed by atoms with Crippen LogP contribution in [-0.4, -0.2) is 16.3 Å². The van der Waals surface area contributed by atoms with Crippen molar-refractivity contribution in [3.63, 3.8) is 0 Å². The van der Waals surface area contributed by atoms with Crippen molar-refractivity contribution in [2.24, 2.45) is 0 Å². The number of rotatable bonds is 5. The Kier molecular flexibility index (Phi) is 4.15. The van der Waals surface area contributed by atoms with Crippen molar-refractivity contribution in [3.8, 4) is 0 Å². The minimum atomic E-state index is 0.852. The third-order valence-corrected chi connectivity index (χ3v) is 3.23. The first-order valence-electron chi connectivity index (χ1n) is 6.48. The molecular weight excluding hydrogens is 222 g/mol. The van der Waals surface area contributed by atoms with Gasteiger partial charge in [-0.15, -0.1) is 0 Å². The second-order valence-corrected chi connectivity index (χ2v) is 4.70. The van der Waals surface area contributed by atoms with Crippen LogP contribution >= 0.6 is 0 Å². The standard InChI is InChI=1S/C15H21N3/c1-4-16-8-14-9-17-18(10-14)11-15-12(2)6-5-7-13(15)3/h5-7,9-10,16H,4,8,11H2,1-3H3. The van der Waals surface area contributed by atoms with E-state index in [1.807, 2.05) is 10.9 Å². The smallest absolute Gasteiger partial charge is 0.0664 e. The van der Waals surface area contributed by atoms with Gasteiger partial charge in [0.1, 0.15) is 0 Å². The van der Waals surface area contributed by atoms with E-state index in [2.05, 4.69) is 55.6 Å². The second kappa shape index (κ2) is 5.83. The van der Waals surface area contributed by atoms with E-state index in [-0.39, 0.29) is 0 Å². The molecule has 1 N–H and O–H groups in total. The number of aromatic nitrogens is 2. The molecule has 0 aliphatic rings. The van der Waals surface area contributed by atoms with E-state index in [4.69, 9.17) is 0 Å². The lowest BCUT2D eigenvalue weighted by Gasteiger charge is -2.09. The molecule has 18 heavy (non-hydrogen) atoms. The molecule has 0 saturated heterocycles. The highest BCUT2D eigenvalue weighted by molar-refractivity contribution is 5.33. The number of aryl methyl sites for hydroxylation is 2. The molecule has 1 heterocycles. The van der Waals surface area contributed by atoms with E-state index in [1.54, 1.807) is 0 Å². The molecule has 3 nitrogen and oxygen atoms in total. The predicted octanol–water partition coefficient (Wildman–Crippen LogP) is 2.66. The summed E-state index contributed by atoms with van der Waals surface area (Å²) in [6.07, 6.45) is 4.06. The molecule has 96 valence electrons. The molecule has 0 fully saturated rings. The van der Waals surface area contributed by atoms with Gasteiger partial charge in [0.05, 0.1) is 12.7 Å². The van der Waals surface area contributed by atoms with Gasteiger partial charge in [-0.05, 0) is 37.1 Å². The van der Waals surface area contributed by atoms with Gasteiger partial charge in [-0.1, -0.05) is 25.1 Å². The minimum absolute atomic E-state index is 0.852. The van der Waals surface area contributed by atoms with Gasteiger partial charge < -0.3 is 5.32 Å². The topological polar surface area (TPSA) is 29.9 Å². The van der Waals surface area contributed by atoms with Crippen LogP contribution in [0.1, 0.15) is 29.2 Å². The van der Waals surface area contributed by atoms with Gasteiger partial charge in [0, 0.05) is 18.3 Å². The summed E-state index contributed by atoms with van der Waals surface area (Å²) in [6, 6.07) is 6.42. The zero-order valence-electron chi connectivity index (χ0n) is 11.4. The third-order valence-electron chi connectivity index (χ3n) is 3.23. The molecule has 0 spiro atoms. The van der Waals surface area contributed by atoms with Crippen LogP contribution in [0.3, 0.4) is 0 Å². The molecule has 0 amide bonds. The van der Waals surface area contributed by atoms with E-state index < -0.39 is 0 Å². The molecule has 0 bridgehead atoms. The molecule has 1 aromatic carbocycles. The predicted molar refractivity (Wildman–Crippen MR) is 74.6 cm³/mol. The average Bonchev–Trinajstić information content (AvgIpc) is 2.79. The zero-order chi connectivity index (χ0) is 13.0. The SMILES string of the molecule is CCNCc1cnn(Cc2c(C)cccc2C)c1. The minimum Gasteiger partial charge on any atom is -0.313 e. The molecule has 2 rings (SSSR count). The van der Waals surface area contributed by atoms with Crippen LogP contribution in [0.5, 0.6) is 0 Å². The van der Waals surface area contributed by atoms with Gasteiger partial charge in [-0.2, -0.15) is 5.10 Å². The molecule has 0 aliphatic heterocycles. The number of nitrogens with one attached hydrogen (secondary N) is 1. The fourth-order valence-corrected chi connectivity index (χ4v) is 2.11. The Morgan fingerprint density at radius 2 is 1.94 bits per heavy atom. The lowest BCUT2D eigenvalue weighted by atomic mass is 10.0. The Balaban J connectivity index is 2.11. The van der Waals surface area contributed by atoms with Gasteiger partial charge in [0.15, 0.2) is 0 Å². The van der Waals surface area contributed by atoms with E-state index in [0.29, 0.717) is 0 Å². The van der Waals surface area contributed by atoms with Gasteiger partial charge in [-0.3, -0.25) is 4.68 Å². The van der Waals surface area contributed by atoms with Gasteiger partial charge in [0.2, 0.25) is 0 Å². The van der Waals surface area contributed by atoms with E-state index in [9.17, 15) is 0 Å². The highest BCUT2D eigenvalue weighted by Gasteiger charge is 2.04. The Morgan fingerprint density at radius 3 is 2.61 bits per heavy atom. The molecule has 0 saturated carbocycles. The first-order valence-corrected chi connectivity index (χ1v) is 6.48. The largest absolute Gasteiger partial charge is 0.313 e. The lowest BCUT2D eigenvalue weighted by Crippen LogP contribution is -2.11. The molecule has 0 atom stereocenters. The molecule has 0 aliphatic carbocycles. The van der Waals surface area contributed by atoms with Crippen LogP contribution in [0, 0.1) is 13.8 Å². The fraction of sp³-hybridized carbons (Fsp3) is 0.400. The van der Waals surface area contributed by atoms with Crippen molar-refractivity contribution < 1.29 is 0 Å². The van der Waals surface area contributed by atoms with E-state index >= 15 is 0 Å². The quantitative estimate of drug-likeness (QED) is 0.875. The van der Waals surface area contributed by atoms with Crippen molar-refractivity contribution in [1.29, 1.82) is 0 Å². The van der Waals surface area contributed by atoms with Crippen molar-refractivity contribution in [3.05, 3.63) is 52.8 Å². The van der Waals surface area contributed by atoms with Gasteiger partial charge in [0.25, 0.3) is 0 Å². The highest BCUT2D eigenvalue weighted by Crippen LogP contribution is 2.14. The maximum absolute atomic E-state index is 4.42. The Labute approximate surface area is 109 Å². The summed E-state index contributed by atoms with van der Waals surface area (Å²) in [5.41, 5.74) is 5.27. The summed E-state index contributed by atoms with van der Waals surface area (Å²) in [6.45, 7) is 9.16. The summed E-state index contributed by atoms with van der Waals surface area (Å²) in [5, 5.41) is 7.73. The molecular formula is C15H21N3. The Morgan fingerprint density at radius 1 is 1.22 bits per heavy atom. The second-order valence-electron chi connectivity index (χ2n) is 4.70. The van der Waals surface area contributed by atoms with Crippen LogP contribution in [0.2, 0.25) is 0 Å². The Hall–Kier alpha value is -1.61. The number of hydrogen-bond donors (Lipinski definition) is 1. The van der Waals surface area contributed by atoms with E-state index in [1.165, 1.54) is 22.3 Å². The summed E-state index contributed by atoms with van der Waals surface area (Å²) in [7, 11) is 0. The molecule has 0 unspecified atom stereocenters. The molecule has 3 heteroatoms. The van der Waals surface area contributed by atoms with Crippen LogP contribution in [0.15, 0.2) is 30.6 Å². The lowest BCUT2D eigenvalue weighted by molar-refractivity contribution is 0.677. The summed E-state index contributed by atoms with van der Waals surface area (Å²) < 4.78 is 2.02. The normalized spacial score (nSPS) is 10.8. The zero-order valence-corrected chi connectivity index (χ0v) is 11.4.